The van der Waals surface area contributed by atoms with Gasteiger partial charge in [-0.05, 0) is 88.0 Å². The van der Waals surface area contributed by atoms with Crippen LogP contribution in [0.5, 0.6) is 0 Å². The highest BCUT2D eigenvalue weighted by atomic mass is 32.2. The van der Waals surface area contributed by atoms with Gasteiger partial charge in [0.2, 0.25) is 35.7 Å². The van der Waals surface area contributed by atoms with Gasteiger partial charge in [0.1, 0.15) is 0 Å². The maximum atomic E-state index is 4.31. The SMILES string of the molecule is CCNc1nc(NC(C)(C)C)nc(SC)n1.CNc1nc(NC(C)C)nc(SC)n1.CSc1nc(NC(C)C)nc(NC(C)C)n1. The molecular weight excluding hydrogens is 643 g/mol. The molecule has 15 nitrogen and oxygen atoms in total. The van der Waals surface area contributed by atoms with E-state index in [0.29, 0.717) is 59.0 Å². The summed E-state index contributed by atoms with van der Waals surface area (Å²) in [7, 11) is 1.79. The van der Waals surface area contributed by atoms with Crippen LogP contribution in [0.25, 0.3) is 0 Å². The van der Waals surface area contributed by atoms with Crippen molar-refractivity contribution in [3.05, 3.63) is 0 Å². The molecule has 0 aliphatic heterocycles. The van der Waals surface area contributed by atoms with E-state index in [-0.39, 0.29) is 5.54 Å². The molecule has 258 valence electrons. The topological polar surface area (TPSA) is 188 Å². The molecule has 0 unspecified atom stereocenters. The van der Waals surface area contributed by atoms with Crippen LogP contribution >= 0.6 is 35.3 Å². The molecule has 0 atom stereocenters. The van der Waals surface area contributed by atoms with Crippen LogP contribution < -0.4 is 31.9 Å². The minimum atomic E-state index is -0.0550. The van der Waals surface area contributed by atoms with Crippen LogP contribution in [0.3, 0.4) is 0 Å². The molecule has 0 saturated heterocycles. The lowest BCUT2D eigenvalue weighted by atomic mass is 10.1. The van der Waals surface area contributed by atoms with Gasteiger partial charge >= 0.3 is 0 Å². The minimum absolute atomic E-state index is 0.0550. The van der Waals surface area contributed by atoms with Gasteiger partial charge in [-0.1, -0.05) is 35.3 Å². The molecule has 0 bridgehead atoms. The Balaban J connectivity index is 0.000000346. The fraction of sp³-hybridized carbons (Fsp3) is 0.679. The fourth-order valence-electron chi connectivity index (χ4n) is 3.05. The van der Waals surface area contributed by atoms with Gasteiger partial charge in [0.15, 0.2) is 15.5 Å². The van der Waals surface area contributed by atoms with Crippen LogP contribution in [0.2, 0.25) is 0 Å². The number of rotatable bonds is 13. The lowest BCUT2D eigenvalue weighted by Crippen LogP contribution is -2.27. The largest absolute Gasteiger partial charge is 0.357 e. The number of hydrogen-bond acceptors (Lipinski definition) is 18. The Morgan fingerprint density at radius 3 is 1.17 bits per heavy atom. The monoisotopic (exact) mass is 695 g/mol. The van der Waals surface area contributed by atoms with Crippen molar-refractivity contribution >= 4 is 71.0 Å². The number of anilines is 6. The van der Waals surface area contributed by atoms with Gasteiger partial charge < -0.3 is 31.9 Å². The third kappa shape index (κ3) is 17.5. The average Bonchev–Trinajstić information content (AvgIpc) is 2.95. The molecule has 0 aliphatic carbocycles. The van der Waals surface area contributed by atoms with E-state index in [9.17, 15) is 0 Å². The highest BCUT2D eigenvalue weighted by Crippen LogP contribution is 2.17. The summed E-state index contributed by atoms with van der Waals surface area (Å²) in [6.45, 7) is 21.3. The van der Waals surface area contributed by atoms with Crippen LogP contribution in [0.1, 0.15) is 69.2 Å². The van der Waals surface area contributed by atoms with Crippen LogP contribution in [0.4, 0.5) is 35.7 Å². The molecule has 0 aliphatic rings. The van der Waals surface area contributed by atoms with Gasteiger partial charge in [-0.3, -0.25) is 0 Å². The van der Waals surface area contributed by atoms with Crippen molar-refractivity contribution in [3.8, 4) is 0 Å². The highest BCUT2D eigenvalue weighted by Gasteiger charge is 2.13. The molecule has 0 spiro atoms. The number of hydrogen-bond donors (Lipinski definition) is 6. The number of nitrogens with one attached hydrogen (secondary N) is 6. The van der Waals surface area contributed by atoms with Crippen molar-refractivity contribution in [1.82, 2.24) is 44.9 Å². The van der Waals surface area contributed by atoms with Crippen molar-refractivity contribution in [1.29, 1.82) is 0 Å². The van der Waals surface area contributed by atoms with Crippen molar-refractivity contribution in [2.24, 2.45) is 0 Å². The van der Waals surface area contributed by atoms with Crippen molar-refractivity contribution < 1.29 is 0 Å². The van der Waals surface area contributed by atoms with Gasteiger partial charge in [0.25, 0.3) is 0 Å². The first-order valence-corrected chi connectivity index (χ1v) is 18.7. The number of thioether (sulfide) groups is 3. The second-order valence-electron chi connectivity index (χ2n) is 11.5. The predicted molar refractivity (Wildman–Crippen MR) is 198 cm³/mol. The third-order valence-corrected chi connectivity index (χ3v) is 6.33. The molecule has 3 heterocycles. The first-order chi connectivity index (χ1) is 21.6. The molecule has 18 heteroatoms. The second kappa shape index (κ2) is 20.9. The van der Waals surface area contributed by atoms with Crippen LogP contribution in [-0.4, -0.2) is 101 Å². The molecule has 3 rings (SSSR count). The predicted octanol–water partition coefficient (Wildman–Crippen LogP) is 5.93. The summed E-state index contributed by atoms with van der Waals surface area (Å²) in [6.07, 6.45) is 5.84. The Kier molecular flexibility index (Phi) is 18.6. The third-order valence-electron chi connectivity index (χ3n) is 4.69. The number of aromatic nitrogens is 9. The molecule has 6 N–H and O–H groups in total. The molecule has 0 radical (unpaired) electrons. The van der Waals surface area contributed by atoms with Crippen LogP contribution in [0, 0.1) is 0 Å². The van der Waals surface area contributed by atoms with Gasteiger partial charge in [-0.2, -0.15) is 44.9 Å². The molecule has 3 aromatic rings. The minimum Gasteiger partial charge on any atom is -0.357 e. The van der Waals surface area contributed by atoms with E-state index in [1.807, 2.05) is 39.5 Å². The van der Waals surface area contributed by atoms with Gasteiger partial charge in [0, 0.05) is 37.3 Å². The van der Waals surface area contributed by atoms with Crippen LogP contribution in [0.15, 0.2) is 15.5 Å². The Morgan fingerprint density at radius 2 is 0.848 bits per heavy atom. The molecule has 3 aromatic heterocycles. The van der Waals surface area contributed by atoms with Gasteiger partial charge in [-0.15, -0.1) is 0 Å². The lowest BCUT2D eigenvalue weighted by Gasteiger charge is -2.20. The fourth-order valence-corrected chi connectivity index (χ4v) is 4.12. The maximum Gasteiger partial charge on any atom is 0.228 e. The first-order valence-electron chi connectivity index (χ1n) is 15.0. The Hall–Kier alpha value is -3.12. The summed E-state index contributed by atoms with van der Waals surface area (Å²) >= 11 is 4.51. The summed E-state index contributed by atoms with van der Waals surface area (Å²) in [5, 5.41) is 20.9. The zero-order chi connectivity index (χ0) is 34.9. The highest BCUT2D eigenvalue weighted by molar-refractivity contribution is 7.98. The Bertz CT molecular complexity index is 1250. The zero-order valence-corrected chi connectivity index (χ0v) is 32.1. The Labute approximate surface area is 287 Å². The summed E-state index contributed by atoms with van der Waals surface area (Å²) in [5.41, 5.74) is -0.0550. The van der Waals surface area contributed by atoms with E-state index in [2.05, 4.69) is 125 Å². The van der Waals surface area contributed by atoms with Crippen molar-refractivity contribution in [2.45, 2.75) is 108 Å². The maximum absolute atomic E-state index is 4.31. The molecule has 0 fully saturated rings. The average molecular weight is 696 g/mol. The quantitative estimate of drug-likeness (QED) is 0.115. The van der Waals surface area contributed by atoms with Gasteiger partial charge in [0.05, 0.1) is 0 Å². The van der Waals surface area contributed by atoms with Crippen molar-refractivity contribution in [2.75, 3.05) is 64.3 Å². The molecule has 46 heavy (non-hydrogen) atoms. The van der Waals surface area contributed by atoms with Crippen molar-refractivity contribution in [3.63, 3.8) is 0 Å². The molecule has 0 saturated carbocycles. The summed E-state index contributed by atoms with van der Waals surface area (Å²) < 4.78 is 0. The van der Waals surface area contributed by atoms with E-state index >= 15 is 0 Å². The van der Waals surface area contributed by atoms with Crippen LogP contribution in [-0.2, 0) is 0 Å². The molecular formula is C28H53N15S3. The zero-order valence-electron chi connectivity index (χ0n) is 29.7. The normalized spacial score (nSPS) is 10.9. The van der Waals surface area contributed by atoms with E-state index in [0.717, 1.165) is 16.9 Å². The summed E-state index contributed by atoms with van der Waals surface area (Å²) in [4.78, 5) is 38.3. The second-order valence-corrected chi connectivity index (χ2v) is 13.8. The molecule has 0 amide bonds. The standard InChI is InChI=1S/2C10H19N5S.C8H15N5S/c1-6-11-7-12-8(15-10(2,3)4)14-9(13-7)16-5;1-6(2)11-8-13-9(12-7(3)4)15-10(14-8)16-5;1-5(2)10-7-11-6(9-3)12-8(13-7)14-4/h6H2,1-5H3,(H2,11,12,13,14,15);6-7H,1-5H3,(H2,11,12,13,14,15);5H,1-4H3,(H2,9,10,11,12,13). The van der Waals surface area contributed by atoms with E-state index in [1.54, 1.807) is 7.05 Å². The van der Waals surface area contributed by atoms with Gasteiger partial charge in [-0.25, -0.2) is 0 Å². The van der Waals surface area contributed by atoms with E-state index in [4.69, 9.17) is 0 Å². The van der Waals surface area contributed by atoms with E-state index in [1.165, 1.54) is 35.3 Å². The molecule has 0 aromatic carbocycles. The van der Waals surface area contributed by atoms with E-state index < -0.39 is 0 Å². The smallest absolute Gasteiger partial charge is 0.228 e. The summed E-state index contributed by atoms with van der Waals surface area (Å²) in [6, 6.07) is 0.935. The first kappa shape index (κ1) is 40.9. The number of nitrogens with zero attached hydrogens (tertiary/aromatic N) is 9. The Morgan fingerprint density at radius 1 is 0.522 bits per heavy atom. The summed E-state index contributed by atoms with van der Waals surface area (Å²) in [5.74, 6) is 3.68. The lowest BCUT2D eigenvalue weighted by molar-refractivity contribution is 0.622.